The summed E-state index contributed by atoms with van der Waals surface area (Å²) in [6.45, 7) is 4.44. The van der Waals surface area contributed by atoms with Crippen LogP contribution in [0.15, 0.2) is 35.5 Å². The summed E-state index contributed by atoms with van der Waals surface area (Å²) in [6.07, 6.45) is 2.07. The van der Waals surface area contributed by atoms with Crippen LogP contribution in [0.5, 0.6) is 0 Å². The van der Waals surface area contributed by atoms with Gasteiger partial charge in [-0.2, -0.15) is 8.42 Å². The van der Waals surface area contributed by atoms with E-state index in [0.29, 0.717) is 24.5 Å². The molecule has 0 radical (unpaired) electrons. The molecule has 0 aliphatic rings. The number of imidazole rings is 1. The minimum Gasteiger partial charge on any atom is -0.396 e. The van der Waals surface area contributed by atoms with Gasteiger partial charge in [-0.05, 0) is 38.0 Å². The summed E-state index contributed by atoms with van der Waals surface area (Å²) in [5.74, 6) is 0.663. The maximum Gasteiger partial charge on any atom is 0.280 e. The van der Waals surface area contributed by atoms with Crippen LogP contribution in [0.25, 0.3) is 0 Å². The third kappa shape index (κ3) is 3.62. The number of rotatable bonds is 6. The molecule has 2 aromatic rings. The first-order valence-electron chi connectivity index (χ1n) is 6.72. The van der Waals surface area contributed by atoms with Crippen molar-refractivity contribution in [1.82, 2.24) is 9.55 Å². The van der Waals surface area contributed by atoms with E-state index in [4.69, 9.17) is 5.11 Å². The van der Waals surface area contributed by atoms with E-state index in [1.54, 1.807) is 35.8 Å². The molecule has 0 unspecified atom stereocenters. The predicted octanol–water partition coefficient (Wildman–Crippen LogP) is 1.55. The fraction of sp³-hybridized carbons (Fsp3) is 0.357. The van der Waals surface area contributed by atoms with Crippen LogP contribution in [-0.4, -0.2) is 29.7 Å². The number of anilines is 1. The maximum absolute atomic E-state index is 12.3. The van der Waals surface area contributed by atoms with Crippen LogP contribution >= 0.6 is 0 Å². The van der Waals surface area contributed by atoms with Gasteiger partial charge in [0.2, 0.25) is 0 Å². The smallest absolute Gasteiger partial charge is 0.280 e. The standard InChI is InChI=1S/C14H19N3O3S/c1-3-17-10-14(15-11(17)2)21(19,20)16-13-6-4-12(5-7-13)8-9-18/h4-7,10,16,18H,3,8-9H2,1-2H3. The van der Waals surface area contributed by atoms with E-state index in [-0.39, 0.29) is 11.6 Å². The van der Waals surface area contributed by atoms with Crippen molar-refractivity contribution < 1.29 is 13.5 Å². The Labute approximate surface area is 124 Å². The van der Waals surface area contributed by atoms with E-state index < -0.39 is 10.0 Å². The lowest BCUT2D eigenvalue weighted by Gasteiger charge is -2.06. The van der Waals surface area contributed by atoms with Crippen molar-refractivity contribution in [2.24, 2.45) is 0 Å². The second-order valence-electron chi connectivity index (χ2n) is 4.69. The van der Waals surface area contributed by atoms with Gasteiger partial charge in [0.25, 0.3) is 10.0 Å². The number of hydrogen-bond donors (Lipinski definition) is 2. The van der Waals surface area contributed by atoms with Gasteiger partial charge in [-0.3, -0.25) is 4.72 Å². The maximum atomic E-state index is 12.3. The molecular formula is C14H19N3O3S. The molecule has 2 N–H and O–H groups in total. The normalized spacial score (nSPS) is 11.6. The number of aromatic nitrogens is 2. The Morgan fingerprint density at radius 1 is 1.29 bits per heavy atom. The molecule has 2 rings (SSSR count). The summed E-state index contributed by atoms with van der Waals surface area (Å²) in [4.78, 5) is 4.08. The number of nitrogens with zero attached hydrogens (tertiary/aromatic N) is 2. The molecule has 0 saturated carbocycles. The van der Waals surface area contributed by atoms with Gasteiger partial charge in [0.15, 0.2) is 5.03 Å². The van der Waals surface area contributed by atoms with Crippen molar-refractivity contribution in [1.29, 1.82) is 0 Å². The molecule has 6 nitrogen and oxygen atoms in total. The molecule has 0 aliphatic heterocycles. The third-order valence-electron chi connectivity index (χ3n) is 3.18. The molecule has 114 valence electrons. The van der Waals surface area contributed by atoms with Gasteiger partial charge in [-0.1, -0.05) is 12.1 Å². The quantitative estimate of drug-likeness (QED) is 0.848. The SMILES string of the molecule is CCn1cc(S(=O)(=O)Nc2ccc(CCO)cc2)nc1C. The molecule has 0 atom stereocenters. The monoisotopic (exact) mass is 309 g/mol. The van der Waals surface area contributed by atoms with Crippen molar-refractivity contribution in [3.05, 3.63) is 41.9 Å². The van der Waals surface area contributed by atoms with Gasteiger partial charge < -0.3 is 9.67 Å². The van der Waals surface area contributed by atoms with Crippen molar-refractivity contribution in [2.75, 3.05) is 11.3 Å². The summed E-state index contributed by atoms with van der Waals surface area (Å²) in [5, 5.41) is 8.87. The van der Waals surface area contributed by atoms with Gasteiger partial charge in [-0.15, -0.1) is 0 Å². The zero-order valence-corrected chi connectivity index (χ0v) is 12.9. The number of benzene rings is 1. The average molecular weight is 309 g/mol. The zero-order chi connectivity index (χ0) is 15.5. The van der Waals surface area contributed by atoms with Crippen LogP contribution in [-0.2, 0) is 23.0 Å². The van der Waals surface area contributed by atoms with Crippen molar-refractivity contribution in [3.63, 3.8) is 0 Å². The van der Waals surface area contributed by atoms with Crippen LogP contribution in [0.2, 0.25) is 0 Å². The lowest BCUT2D eigenvalue weighted by Crippen LogP contribution is -2.13. The van der Waals surface area contributed by atoms with E-state index in [1.165, 1.54) is 6.20 Å². The van der Waals surface area contributed by atoms with Gasteiger partial charge in [0.05, 0.1) is 0 Å². The first-order valence-corrected chi connectivity index (χ1v) is 8.21. The highest BCUT2D eigenvalue weighted by atomic mass is 32.2. The Kier molecular flexibility index (Phi) is 4.64. The minimum atomic E-state index is -3.68. The Balaban J connectivity index is 2.20. The Bertz CT molecular complexity index is 706. The molecule has 0 fully saturated rings. The molecule has 0 bridgehead atoms. The average Bonchev–Trinajstić information content (AvgIpc) is 2.83. The van der Waals surface area contributed by atoms with Crippen molar-refractivity contribution in [3.8, 4) is 0 Å². The highest BCUT2D eigenvalue weighted by Gasteiger charge is 2.18. The number of aliphatic hydroxyl groups excluding tert-OH is 1. The fourth-order valence-corrected chi connectivity index (χ4v) is 3.07. The molecule has 1 aromatic heterocycles. The minimum absolute atomic E-state index is 0.0151. The molecule has 21 heavy (non-hydrogen) atoms. The summed E-state index contributed by atoms with van der Waals surface area (Å²) in [7, 11) is -3.68. The highest BCUT2D eigenvalue weighted by molar-refractivity contribution is 7.92. The van der Waals surface area contributed by atoms with E-state index in [2.05, 4.69) is 9.71 Å². The van der Waals surface area contributed by atoms with Crippen molar-refractivity contribution in [2.45, 2.75) is 31.8 Å². The fourth-order valence-electron chi connectivity index (χ4n) is 2.00. The first kappa shape index (κ1) is 15.5. The summed E-state index contributed by atoms with van der Waals surface area (Å²) >= 11 is 0. The number of nitrogens with one attached hydrogen (secondary N) is 1. The lowest BCUT2D eigenvalue weighted by atomic mass is 10.1. The second-order valence-corrected chi connectivity index (χ2v) is 6.32. The number of hydrogen-bond acceptors (Lipinski definition) is 4. The molecule has 0 spiro atoms. The Morgan fingerprint density at radius 2 is 1.95 bits per heavy atom. The first-order chi connectivity index (χ1) is 9.96. The molecule has 0 amide bonds. The molecular weight excluding hydrogens is 290 g/mol. The Morgan fingerprint density at radius 3 is 2.48 bits per heavy atom. The second kappa shape index (κ2) is 6.28. The van der Waals surface area contributed by atoms with Crippen LogP contribution in [0.4, 0.5) is 5.69 Å². The van der Waals surface area contributed by atoms with Crippen LogP contribution in [0, 0.1) is 6.92 Å². The van der Waals surface area contributed by atoms with Crippen molar-refractivity contribution >= 4 is 15.7 Å². The van der Waals surface area contributed by atoms with Crippen LogP contribution in [0.1, 0.15) is 18.3 Å². The Hall–Kier alpha value is -1.86. The van der Waals surface area contributed by atoms with E-state index in [0.717, 1.165) is 5.56 Å². The van der Waals surface area contributed by atoms with E-state index in [1.807, 2.05) is 6.92 Å². The molecule has 7 heteroatoms. The molecule has 1 heterocycles. The van der Waals surface area contributed by atoms with Gasteiger partial charge in [0, 0.05) is 25.0 Å². The summed E-state index contributed by atoms with van der Waals surface area (Å²) < 4.78 is 28.8. The summed E-state index contributed by atoms with van der Waals surface area (Å²) in [5.41, 5.74) is 1.42. The largest absolute Gasteiger partial charge is 0.396 e. The number of aliphatic hydroxyl groups is 1. The van der Waals surface area contributed by atoms with Crippen LogP contribution in [0.3, 0.4) is 0 Å². The van der Waals surface area contributed by atoms with Crippen LogP contribution < -0.4 is 4.72 Å². The number of aryl methyl sites for hydroxylation is 2. The lowest BCUT2D eigenvalue weighted by molar-refractivity contribution is 0.299. The predicted molar refractivity (Wildman–Crippen MR) is 80.7 cm³/mol. The number of sulfonamides is 1. The topological polar surface area (TPSA) is 84.2 Å². The molecule has 1 aromatic carbocycles. The van der Waals surface area contributed by atoms with Gasteiger partial charge in [0.1, 0.15) is 5.82 Å². The van der Waals surface area contributed by atoms with E-state index in [9.17, 15) is 8.42 Å². The third-order valence-corrected chi connectivity index (χ3v) is 4.43. The van der Waals surface area contributed by atoms with E-state index >= 15 is 0 Å². The highest BCUT2D eigenvalue weighted by Crippen LogP contribution is 2.16. The molecule has 0 aliphatic carbocycles. The van der Waals surface area contributed by atoms with Gasteiger partial charge >= 0.3 is 0 Å². The zero-order valence-electron chi connectivity index (χ0n) is 12.1. The molecule has 0 saturated heterocycles. The summed E-state index contributed by atoms with van der Waals surface area (Å²) in [6, 6.07) is 6.91. The van der Waals surface area contributed by atoms with Gasteiger partial charge in [-0.25, -0.2) is 4.98 Å².